The summed E-state index contributed by atoms with van der Waals surface area (Å²) in [6, 6.07) is 12.6. The Morgan fingerprint density at radius 1 is 1.14 bits per heavy atom. The van der Waals surface area contributed by atoms with E-state index in [1.165, 1.54) is 17.0 Å². The normalized spacial score (nSPS) is 25.0. The molecular weight excluding hydrogens is 402 g/mol. The topological polar surface area (TPSA) is 49.4 Å². The lowest BCUT2D eigenvalue weighted by Gasteiger charge is -2.38. The zero-order chi connectivity index (χ0) is 20.1. The number of anilines is 2. The summed E-state index contributed by atoms with van der Waals surface area (Å²) >= 11 is 12.5. The van der Waals surface area contributed by atoms with Gasteiger partial charge in [0.05, 0.1) is 11.1 Å². The van der Waals surface area contributed by atoms with Crippen LogP contribution in [0.2, 0.25) is 0 Å². The molecule has 4 nitrogen and oxygen atoms in total. The second-order valence-electron chi connectivity index (χ2n) is 7.54. The van der Waals surface area contributed by atoms with Crippen LogP contribution in [0.15, 0.2) is 48.5 Å². The van der Waals surface area contributed by atoms with Crippen molar-refractivity contribution in [3.8, 4) is 0 Å². The van der Waals surface area contributed by atoms with Crippen molar-refractivity contribution in [2.45, 2.75) is 36.6 Å². The number of hydrogen-bond donors (Lipinski definition) is 1. The number of para-hydroxylation sites is 2. The van der Waals surface area contributed by atoms with Crippen LogP contribution in [0.5, 0.6) is 0 Å². The molecule has 1 N–H and O–H groups in total. The monoisotopic (exact) mass is 420 g/mol. The number of fused-ring (bicyclic) bond motifs is 1. The number of amides is 2. The van der Waals surface area contributed by atoms with Crippen LogP contribution in [0.3, 0.4) is 0 Å². The van der Waals surface area contributed by atoms with Crippen molar-refractivity contribution in [3.05, 3.63) is 59.9 Å². The predicted octanol–water partition coefficient (Wildman–Crippen LogP) is 4.70. The number of carbonyl (C=O) groups excluding carboxylic acids is 2. The van der Waals surface area contributed by atoms with Gasteiger partial charge in [0.25, 0.3) is 0 Å². The van der Waals surface area contributed by atoms with Gasteiger partial charge < -0.3 is 5.32 Å². The van der Waals surface area contributed by atoms with Gasteiger partial charge in [-0.1, -0.05) is 30.3 Å². The fourth-order valence-corrected chi connectivity index (χ4v) is 4.42. The van der Waals surface area contributed by atoms with Gasteiger partial charge in [-0.15, -0.1) is 23.2 Å². The Morgan fingerprint density at radius 3 is 2.46 bits per heavy atom. The maximum atomic E-state index is 14.0. The van der Waals surface area contributed by atoms with Crippen molar-refractivity contribution in [1.82, 2.24) is 0 Å². The minimum atomic E-state index is -1.15. The summed E-state index contributed by atoms with van der Waals surface area (Å²) in [6.07, 6.45) is 1.39. The van der Waals surface area contributed by atoms with Crippen LogP contribution < -0.4 is 10.2 Å². The highest BCUT2D eigenvalue weighted by atomic mass is 35.5. The fraction of sp³-hybridized carbons (Fsp3) is 0.333. The van der Waals surface area contributed by atoms with E-state index in [9.17, 15) is 14.0 Å². The number of nitrogens with one attached hydrogen (secondary N) is 1. The zero-order valence-corrected chi connectivity index (χ0v) is 16.7. The van der Waals surface area contributed by atoms with E-state index in [1.807, 2.05) is 24.3 Å². The highest BCUT2D eigenvalue weighted by Gasteiger charge is 2.69. The molecule has 2 atom stereocenters. The SMILES string of the molecule is CC1(C(=O)N2c3ccccc3CCC2C(=O)Nc2ccccc2F)CC1(Cl)Cl. The molecule has 1 aliphatic carbocycles. The van der Waals surface area contributed by atoms with E-state index in [0.717, 1.165) is 5.56 Å². The number of hydrogen-bond acceptors (Lipinski definition) is 2. The van der Waals surface area contributed by atoms with Crippen LogP contribution in [0.25, 0.3) is 0 Å². The molecule has 2 unspecified atom stereocenters. The highest BCUT2D eigenvalue weighted by Crippen LogP contribution is 2.65. The van der Waals surface area contributed by atoms with Crippen LogP contribution in [-0.2, 0) is 16.0 Å². The van der Waals surface area contributed by atoms with Crippen molar-refractivity contribution in [1.29, 1.82) is 0 Å². The molecule has 1 saturated carbocycles. The molecule has 28 heavy (non-hydrogen) atoms. The first kappa shape index (κ1) is 19.2. The summed E-state index contributed by atoms with van der Waals surface area (Å²) in [7, 11) is 0. The molecule has 0 saturated heterocycles. The minimum Gasteiger partial charge on any atom is -0.322 e. The third-order valence-electron chi connectivity index (χ3n) is 5.63. The molecule has 0 radical (unpaired) electrons. The maximum Gasteiger partial charge on any atom is 0.247 e. The lowest BCUT2D eigenvalue weighted by molar-refractivity contribution is -0.127. The summed E-state index contributed by atoms with van der Waals surface area (Å²) < 4.78 is 12.8. The molecule has 4 rings (SSSR count). The van der Waals surface area contributed by atoms with Crippen molar-refractivity contribution < 1.29 is 14.0 Å². The van der Waals surface area contributed by atoms with Crippen LogP contribution in [0.4, 0.5) is 15.8 Å². The summed E-state index contributed by atoms with van der Waals surface area (Å²) in [5.74, 6) is -1.26. The summed E-state index contributed by atoms with van der Waals surface area (Å²) in [4.78, 5) is 27.9. The molecule has 1 heterocycles. The van der Waals surface area contributed by atoms with Gasteiger partial charge in [-0.2, -0.15) is 0 Å². The Morgan fingerprint density at radius 2 is 1.79 bits per heavy atom. The molecular formula is C21H19Cl2FN2O2. The quantitative estimate of drug-likeness (QED) is 0.731. The van der Waals surface area contributed by atoms with Crippen molar-refractivity contribution in [2.75, 3.05) is 10.2 Å². The Balaban J connectivity index is 1.69. The van der Waals surface area contributed by atoms with E-state index in [-0.39, 0.29) is 11.6 Å². The average molecular weight is 421 g/mol. The lowest BCUT2D eigenvalue weighted by atomic mass is 9.93. The standard InChI is InChI=1S/C21H19Cl2FN2O2/c1-20(12-21(20,22)23)19(28)26-16-9-5-2-6-13(16)10-11-17(26)18(27)25-15-8-4-3-7-14(15)24/h2-9,17H,10-12H2,1H3,(H,25,27). The summed E-state index contributed by atoms with van der Waals surface area (Å²) in [5.41, 5.74) is 0.770. The van der Waals surface area contributed by atoms with Crippen LogP contribution >= 0.6 is 23.2 Å². The van der Waals surface area contributed by atoms with Gasteiger partial charge in [-0.25, -0.2) is 4.39 Å². The van der Waals surface area contributed by atoms with E-state index in [4.69, 9.17) is 23.2 Å². The number of rotatable bonds is 3. The van der Waals surface area contributed by atoms with E-state index < -0.39 is 27.5 Å². The van der Waals surface area contributed by atoms with Crippen molar-refractivity contribution >= 4 is 46.4 Å². The molecule has 146 valence electrons. The van der Waals surface area contributed by atoms with Gasteiger partial charge in [-0.3, -0.25) is 14.5 Å². The lowest BCUT2D eigenvalue weighted by Crippen LogP contribution is -2.53. The van der Waals surface area contributed by atoms with Gasteiger partial charge in [-0.05, 0) is 49.9 Å². The largest absolute Gasteiger partial charge is 0.322 e. The third-order valence-corrected chi connectivity index (χ3v) is 6.73. The Bertz CT molecular complexity index is 965. The van der Waals surface area contributed by atoms with Gasteiger partial charge in [0.15, 0.2) is 0 Å². The second kappa shape index (κ2) is 6.75. The van der Waals surface area contributed by atoms with E-state index in [1.54, 1.807) is 19.1 Å². The van der Waals surface area contributed by atoms with Crippen LogP contribution in [0.1, 0.15) is 25.3 Å². The zero-order valence-electron chi connectivity index (χ0n) is 15.2. The molecule has 0 aromatic heterocycles. The minimum absolute atomic E-state index is 0.0837. The first-order valence-corrected chi connectivity index (χ1v) is 9.85. The second-order valence-corrected chi connectivity index (χ2v) is 9.02. The fourth-order valence-electron chi connectivity index (χ4n) is 3.72. The number of benzene rings is 2. The first-order valence-electron chi connectivity index (χ1n) is 9.09. The number of carbonyl (C=O) groups is 2. The molecule has 1 aliphatic heterocycles. The highest BCUT2D eigenvalue weighted by molar-refractivity contribution is 6.53. The average Bonchev–Trinajstić information content (AvgIpc) is 3.21. The van der Waals surface area contributed by atoms with Crippen LogP contribution in [0, 0.1) is 11.2 Å². The van der Waals surface area contributed by atoms with Crippen LogP contribution in [-0.4, -0.2) is 22.2 Å². The maximum absolute atomic E-state index is 14.0. The number of alkyl halides is 2. The van der Waals surface area contributed by atoms with Gasteiger partial charge in [0, 0.05) is 5.69 Å². The summed E-state index contributed by atoms with van der Waals surface area (Å²) in [6.45, 7) is 1.71. The Hall–Kier alpha value is -2.11. The molecule has 2 amide bonds. The molecule has 0 bridgehead atoms. The Kier molecular flexibility index (Phi) is 4.63. The molecule has 0 spiro atoms. The van der Waals surface area contributed by atoms with Gasteiger partial charge in [0.1, 0.15) is 16.2 Å². The molecule has 1 fully saturated rings. The first-order chi connectivity index (χ1) is 13.2. The van der Waals surface area contributed by atoms with Crippen molar-refractivity contribution in [3.63, 3.8) is 0 Å². The summed E-state index contributed by atoms with van der Waals surface area (Å²) in [5, 5.41) is 2.61. The van der Waals surface area contributed by atoms with Gasteiger partial charge in [0.2, 0.25) is 11.8 Å². The van der Waals surface area contributed by atoms with Crippen molar-refractivity contribution in [2.24, 2.45) is 5.41 Å². The Labute approximate surface area is 172 Å². The third kappa shape index (κ3) is 3.07. The number of halogens is 3. The molecule has 2 aromatic rings. The van der Waals surface area contributed by atoms with Gasteiger partial charge >= 0.3 is 0 Å². The number of nitrogens with zero attached hydrogens (tertiary/aromatic N) is 1. The molecule has 2 aromatic carbocycles. The number of aryl methyl sites for hydroxylation is 1. The van der Waals surface area contributed by atoms with E-state index in [0.29, 0.717) is 24.9 Å². The molecule has 2 aliphatic rings. The predicted molar refractivity (Wildman–Crippen MR) is 108 cm³/mol. The smallest absolute Gasteiger partial charge is 0.247 e. The molecule has 7 heteroatoms. The van der Waals surface area contributed by atoms with E-state index in [2.05, 4.69) is 5.32 Å². The van der Waals surface area contributed by atoms with E-state index >= 15 is 0 Å².